The van der Waals surface area contributed by atoms with Gasteiger partial charge in [-0.2, -0.15) is 0 Å². The zero-order chi connectivity index (χ0) is 12.8. The van der Waals surface area contributed by atoms with Crippen LogP contribution in [-0.4, -0.2) is 11.5 Å². The molecule has 4 bridgehead atoms. The SMILES string of the molecule is Nc1ccc(NCC2C3CC4CC(C3)CC2C4)cn1. The van der Waals surface area contributed by atoms with Crippen LogP contribution in [0.1, 0.15) is 32.1 Å². The maximum absolute atomic E-state index is 5.62. The Bertz CT molecular complexity index is 426. The zero-order valence-electron chi connectivity index (χ0n) is 11.4. The molecule has 3 nitrogen and oxygen atoms in total. The van der Waals surface area contributed by atoms with Gasteiger partial charge in [0.15, 0.2) is 0 Å². The van der Waals surface area contributed by atoms with Gasteiger partial charge in [-0.05, 0) is 73.8 Å². The summed E-state index contributed by atoms with van der Waals surface area (Å²) in [5.74, 6) is 5.61. The lowest BCUT2D eigenvalue weighted by atomic mass is 9.52. The molecule has 102 valence electrons. The lowest BCUT2D eigenvalue weighted by molar-refractivity contribution is -0.0305. The smallest absolute Gasteiger partial charge is 0.123 e. The second kappa shape index (κ2) is 4.39. The summed E-state index contributed by atoms with van der Waals surface area (Å²) in [6.07, 6.45) is 9.39. The van der Waals surface area contributed by atoms with Gasteiger partial charge in [-0.1, -0.05) is 0 Å². The van der Waals surface area contributed by atoms with E-state index in [0.29, 0.717) is 5.82 Å². The van der Waals surface area contributed by atoms with Crippen LogP contribution in [0.15, 0.2) is 18.3 Å². The van der Waals surface area contributed by atoms with E-state index in [1.807, 2.05) is 18.3 Å². The summed E-state index contributed by atoms with van der Waals surface area (Å²) in [4.78, 5) is 4.15. The minimum Gasteiger partial charge on any atom is -0.384 e. The van der Waals surface area contributed by atoms with E-state index in [4.69, 9.17) is 5.73 Å². The molecule has 0 saturated heterocycles. The Morgan fingerprint density at radius 1 is 1.05 bits per heavy atom. The molecule has 4 fully saturated rings. The van der Waals surface area contributed by atoms with Crippen LogP contribution in [0.3, 0.4) is 0 Å². The molecule has 0 unspecified atom stereocenters. The Balaban J connectivity index is 1.42. The molecule has 19 heavy (non-hydrogen) atoms. The van der Waals surface area contributed by atoms with E-state index in [2.05, 4.69) is 10.3 Å². The third-order valence-corrected chi connectivity index (χ3v) is 5.75. The molecule has 0 aliphatic heterocycles. The van der Waals surface area contributed by atoms with Gasteiger partial charge in [-0.3, -0.25) is 0 Å². The summed E-state index contributed by atoms with van der Waals surface area (Å²) in [6, 6.07) is 3.91. The number of nitrogens with one attached hydrogen (secondary N) is 1. The lowest BCUT2D eigenvalue weighted by Gasteiger charge is -2.54. The molecule has 3 heteroatoms. The molecule has 0 amide bonds. The molecule has 5 rings (SSSR count). The summed E-state index contributed by atoms with van der Waals surface area (Å²) in [5.41, 5.74) is 6.74. The molecule has 1 aromatic heterocycles. The van der Waals surface area contributed by atoms with Crippen LogP contribution < -0.4 is 11.1 Å². The third-order valence-electron chi connectivity index (χ3n) is 5.75. The van der Waals surface area contributed by atoms with E-state index in [9.17, 15) is 0 Å². The van der Waals surface area contributed by atoms with Crippen molar-refractivity contribution in [2.45, 2.75) is 32.1 Å². The number of hydrogen-bond acceptors (Lipinski definition) is 3. The van der Waals surface area contributed by atoms with Crippen molar-refractivity contribution in [3.63, 3.8) is 0 Å². The molecule has 0 spiro atoms. The fourth-order valence-corrected chi connectivity index (χ4v) is 5.12. The number of nitrogens with zero attached hydrogens (tertiary/aromatic N) is 1. The van der Waals surface area contributed by atoms with Gasteiger partial charge in [0.25, 0.3) is 0 Å². The molecule has 1 aromatic rings. The summed E-state index contributed by atoms with van der Waals surface area (Å²) in [6.45, 7) is 1.13. The van der Waals surface area contributed by atoms with Crippen LogP contribution in [0, 0.1) is 29.6 Å². The normalized spacial score (nSPS) is 39.5. The monoisotopic (exact) mass is 257 g/mol. The van der Waals surface area contributed by atoms with E-state index in [1.54, 1.807) is 0 Å². The highest BCUT2D eigenvalue weighted by Gasteiger charge is 2.47. The van der Waals surface area contributed by atoms with E-state index in [0.717, 1.165) is 41.8 Å². The van der Waals surface area contributed by atoms with Gasteiger partial charge >= 0.3 is 0 Å². The molecule has 4 saturated carbocycles. The van der Waals surface area contributed by atoms with Crippen molar-refractivity contribution < 1.29 is 0 Å². The Morgan fingerprint density at radius 3 is 2.32 bits per heavy atom. The standard InChI is InChI=1S/C16H23N3/c17-16-2-1-14(8-19-16)18-9-15-12-4-10-3-11(6-12)7-13(15)5-10/h1-2,8,10-13,15,18H,3-7,9H2,(H2,17,19). The fraction of sp³-hybridized carbons (Fsp3) is 0.688. The highest BCUT2D eigenvalue weighted by atomic mass is 14.9. The third kappa shape index (κ3) is 2.09. The molecule has 0 radical (unpaired) electrons. The zero-order valence-corrected chi connectivity index (χ0v) is 11.4. The van der Waals surface area contributed by atoms with E-state index >= 15 is 0 Å². The average Bonchev–Trinajstić information content (AvgIpc) is 2.39. The second-order valence-corrected chi connectivity index (χ2v) is 6.95. The van der Waals surface area contributed by atoms with Crippen LogP contribution in [-0.2, 0) is 0 Å². The Kier molecular flexibility index (Phi) is 2.68. The summed E-state index contributed by atoms with van der Waals surface area (Å²) in [5, 5.41) is 3.58. The maximum Gasteiger partial charge on any atom is 0.123 e. The Morgan fingerprint density at radius 2 is 1.74 bits per heavy atom. The molecule has 0 atom stereocenters. The number of nitrogens with two attached hydrogens (primary N) is 1. The maximum atomic E-state index is 5.62. The van der Waals surface area contributed by atoms with Crippen molar-refractivity contribution in [1.29, 1.82) is 0 Å². The topological polar surface area (TPSA) is 50.9 Å². The fourth-order valence-electron chi connectivity index (χ4n) is 5.12. The molecule has 0 aromatic carbocycles. The first-order chi connectivity index (χ1) is 9.28. The average molecular weight is 257 g/mol. The van der Waals surface area contributed by atoms with Gasteiger partial charge in [0.2, 0.25) is 0 Å². The number of anilines is 2. The molecule has 4 aliphatic carbocycles. The largest absolute Gasteiger partial charge is 0.384 e. The number of pyridine rings is 1. The van der Waals surface area contributed by atoms with Crippen molar-refractivity contribution in [3.8, 4) is 0 Å². The van der Waals surface area contributed by atoms with Crippen molar-refractivity contribution >= 4 is 11.5 Å². The first kappa shape index (κ1) is 11.6. The molecule has 3 N–H and O–H groups in total. The first-order valence-electron chi connectivity index (χ1n) is 7.73. The van der Waals surface area contributed by atoms with Gasteiger partial charge in [0.05, 0.1) is 11.9 Å². The number of aromatic nitrogens is 1. The van der Waals surface area contributed by atoms with Gasteiger partial charge in [0.1, 0.15) is 5.82 Å². The van der Waals surface area contributed by atoms with E-state index < -0.39 is 0 Å². The van der Waals surface area contributed by atoms with Crippen molar-refractivity contribution in [3.05, 3.63) is 18.3 Å². The minimum absolute atomic E-state index is 0.597. The highest BCUT2D eigenvalue weighted by Crippen LogP contribution is 2.56. The summed E-state index contributed by atoms with van der Waals surface area (Å²) in [7, 11) is 0. The highest BCUT2D eigenvalue weighted by molar-refractivity contribution is 5.45. The number of rotatable bonds is 3. The quantitative estimate of drug-likeness (QED) is 0.874. The lowest BCUT2D eigenvalue weighted by Crippen LogP contribution is -2.47. The first-order valence-corrected chi connectivity index (χ1v) is 7.73. The van der Waals surface area contributed by atoms with Gasteiger partial charge < -0.3 is 11.1 Å². The van der Waals surface area contributed by atoms with E-state index in [1.165, 1.54) is 32.1 Å². The molecule has 1 heterocycles. The van der Waals surface area contributed by atoms with Crippen LogP contribution in [0.25, 0.3) is 0 Å². The summed E-state index contributed by atoms with van der Waals surface area (Å²) >= 11 is 0. The Labute approximate surface area is 115 Å². The van der Waals surface area contributed by atoms with Gasteiger partial charge in [-0.15, -0.1) is 0 Å². The molecular formula is C16H23N3. The van der Waals surface area contributed by atoms with Gasteiger partial charge in [-0.25, -0.2) is 4.98 Å². The van der Waals surface area contributed by atoms with Gasteiger partial charge in [0, 0.05) is 6.54 Å². The van der Waals surface area contributed by atoms with Crippen molar-refractivity contribution in [2.75, 3.05) is 17.6 Å². The second-order valence-electron chi connectivity index (χ2n) is 6.95. The number of nitrogen functional groups attached to an aromatic ring is 1. The predicted molar refractivity (Wildman–Crippen MR) is 77.7 cm³/mol. The van der Waals surface area contributed by atoms with Crippen LogP contribution >= 0.6 is 0 Å². The predicted octanol–water partition coefficient (Wildman–Crippen LogP) is 3.15. The van der Waals surface area contributed by atoms with Crippen molar-refractivity contribution in [1.82, 2.24) is 4.98 Å². The van der Waals surface area contributed by atoms with Crippen LogP contribution in [0.2, 0.25) is 0 Å². The Hall–Kier alpha value is -1.25. The van der Waals surface area contributed by atoms with Crippen molar-refractivity contribution in [2.24, 2.45) is 29.6 Å². The minimum atomic E-state index is 0.597. The van der Waals surface area contributed by atoms with E-state index in [-0.39, 0.29) is 0 Å². The van der Waals surface area contributed by atoms with Crippen LogP contribution in [0.4, 0.5) is 11.5 Å². The number of hydrogen-bond donors (Lipinski definition) is 2. The molecular weight excluding hydrogens is 234 g/mol. The molecule has 4 aliphatic rings. The summed E-state index contributed by atoms with van der Waals surface area (Å²) < 4.78 is 0. The van der Waals surface area contributed by atoms with Crippen LogP contribution in [0.5, 0.6) is 0 Å².